The minimum Gasteiger partial charge on any atom is -0.478 e. The summed E-state index contributed by atoms with van der Waals surface area (Å²) >= 11 is 0. The summed E-state index contributed by atoms with van der Waals surface area (Å²) in [5.41, 5.74) is 2.39. The van der Waals surface area contributed by atoms with Gasteiger partial charge in [0.1, 0.15) is 5.82 Å². The molecule has 0 aliphatic carbocycles. The van der Waals surface area contributed by atoms with Crippen LogP contribution in [0.2, 0.25) is 0 Å². The van der Waals surface area contributed by atoms with Gasteiger partial charge in [-0.3, -0.25) is 0 Å². The number of hydrogen-bond acceptors (Lipinski definition) is 3. The summed E-state index contributed by atoms with van der Waals surface area (Å²) in [5.74, 6) is -0.801. The van der Waals surface area contributed by atoms with Crippen LogP contribution in [0.3, 0.4) is 0 Å². The number of rotatable bonds is 3. The number of aromatic nitrogens is 2. The Balaban J connectivity index is 1.97. The summed E-state index contributed by atoms with van der Waals surface area (Å²) in [6.45, 7) is 0. The standard InChI is InChI=1S/C17H11FN2O2/c18-14-7-5-12(6-8-14)16-19-10-9-15(20-16)11-1-3-13(4-2-11)17(21)22/h1-10H,(H,21,22). The second-order valence-corrected chi connectivity index (χ2v) is 4.65. The Morgan fingerprint density at radius 2 is 1.55 bits per heavy atom. The number of carboxylic acid groups (broad SMARTS) is 1. The van der Waals surface area contributed by atoms with Crippen molar-refractivity contribution in [2.75, 3.05) is 0 Å². The van der Waals surface area contributed by atoms with Crippen LogP contribution >= 0.6 is 0 Å². The highest BCUT2D eigenvalue weighted by atomic mass is 19.1. The molecule has 22 heavy (non-hydrogen) atoms. The van der Waals surface area contributed by atoms with Crippen molar-refractivity contribution >= 4 is 5.97 Å². The number of carboxylic acids is 1. The van der Waals surface area contributed by atoms with Crippen LogP contribution in [0.5, 0.6) is 0 Å². The van der Waals surface area contributed by atoms with Crippen LogP contribution in [0.4, 0.5) is 4.39 Å². The van der Waals surface area contributed by atoms with E-state index in [0.29, 0.717) is 17.1 Å². The normalized spacial score (nSPS) is 10.4. The second kappa shape index (κ2) is 5.73. The number of nitrogens with zero attached hydrogens (tertiary/aromatic N) is 2. The van der Waals surface area contributed by atoms with Crippen molar-refractivity contribution in [1.29, 1.82) is 0 Å². The van der Waals surface area contributed by atoms with Crippen LogP contribution in [0.25, 0.3) is 22.6 Å². The Bertz CT molecular complexity index is 815. The molecule has 0 bridgehead atoms. The first-order valence-electron chi connectivity index (χ1n) is 6.56. The zero-order valence-electron chi connectivity index (χ0n) is 11.4. The van der Waals surface area contributed by atoms with Crippen molar-refractivity contribution in [3.05, 3.63) is 72.2 Å². The average Bonchev–Trinajstić information content (AvgIpc) is 2.56. The molecule has 0 atom stereocenters. The highest BCUT2D eigenvalue weighted by Gasteiger charge is 2.07. The minimum absolute atomic E-state index is 0.219. The molecule has 0 amide bonds. The Labute approximate surface area is 125 Å². The van der Waals surface area contributed by atoms with E-state index in [1.54, 1.807) is 36.5 Å². The number of halogens is 1. The van der Waals surface area contributed by atoms with Gasteiger partial charge in [0.05, 0.1) is 11.3 Å². The largest absolute Gasteiger partial charge is 0.478 e. The molecule has 0 fully saturated rings. The summed E-state index contributed by atoms with van der Waals surface area (Å²) < 4.78 is 13.0. The molecule has 1 aromatic heterocycles. The van der Waals surface area contributed by atoms with Crippen LogP contribution in [0, 0.1) is 5.82 Å². The van der Waals surface area contributed by atoms with Crippen molar-refractivity contribution in [2.24, 2.45) is 0 Å². The summed E-state index contributed by atoms with van der Waals surface area (Å²) in [5, 5.41) is 8.91. The van der Waals surface area contributed by atoms with E-state index >= 15 is 0 Å². The molecule has 0 aliphatic rings. The quantitative estimate of drug-likeness (QED) is 0.801. The van der Waals surface area contributed by atoms with E-state index in [1.165, 1.54) is 24.3 Å². The third-order valence-corrected chi connectivity index (χ3v) is 3.19. The molecule has 4 nitrogen and oxygen atoms in total. The fraction of sp³-hybridized carbons (Fsp3) is 0. The lowest BCUT2D eigenvalue weighted by Crippen LogP contribution is -1.96. The predicted molar refractivity (Wildman–Crippen MR) is 79.8 cm³/mol. The molecule has 5 heteroatoms. The molecule has 3 aromatic rings. The molecule has 0 aliphatic heterocycles. The SMILES string of the molecule is O=C(O)c1ccc(-c2ccnc(-c3ccc(F)cc3)n2)cc1. The summed E-state index contributed by atoms with van der Waals surface area (Å²) in [7, 11) is 0. The third kappa shape index (κ3) is 2.83. The molecule has 1 heterocycles. The lowest BCUT2D eigenvalue weighted by molar-refractivity contribution is 0.0697. The molecule has 0 spiro atoms. The van der Waals surface area contributed by atoms with Crippen molar-refractivity contribution in [3.63, 3.8) is 0 Å². The molecule has 1 N–H and O–H groups in total. The minimum atomic E-state index is -0.971. The van der Waals surface area contributed by atoms with Gasteiger partial charge in [0, 0.05) is 17.3 Å². The lowest BCUT2D eigenvalue weighted by Gasteiger charge is -2.05. The van der Waals surface area contributed by atoms with E-state index in [9.17, 15) is 9.18 Å². The molecule has 0 unspecified atom stereocenters. The van der Waals surface area contributed by atoms with E-state index in [2.05, 4.69) is 9.97 Å². The number of carbonyl (C=O) groups is 1. The zero-order chi connectivity index (χ0) is 15.5. The van der Waals surface area contributed by atoms with Crippen molar-refractivity contribution in [1.82, 2.24) is 9.97 Å². The maximum Gasteiger partial charge on any atom is 0.335 e. The fourth-order valence-electron chi connectivity index (χ4n) is 2.04. The molecule has 2 aromatic carbocycles. The van der Waals surface area contributed by atoms with E-state index in [-0.39, 0.29) is 11.4 Å². The van der Waals surface area contributed by atoms with Gasteiger partial charge >= 0.3 is 5.97 Å². The van der Waals surface area contributed by atoms with Gasteiger partial charge in [0.15, 0.2) is 5.82 Å². The van der Waals surface area contributed by atoms with Crippen molar-refractivity contribution in [3.8, 4) is 22.6 Å². The number of hydrogen-bond donors (Lipinski definition) is 1. The first kappa shape index (κ1) is 13.9. The Morgan fingerprint density at radius 1 is 0.909 bits per heavy atom. The van der Waals surface area contributed by atoms with Gasteiger partial charge in [-0.1, -0.05) is 12.1 Å². The van der Waals surface area contributed by atoms with Crippen LogP contribution < -0.4 is 0 Å². The van der Waals surface area contributed by atoms with Gasteiger partial charge in [-0.2, -0.15) is 0 Å². The third-order valence-electron chi connectivity index (χ3n) is 3.19. The van der Waals surface area contributed by atoms with Crippen molar-refractivity contribution in [2.45, 2.75) is 0 Å². The van der Waals surface area contributed by atoms with Crippen molar-refractivity contribution < 1.29 is 14.3 Å². The van der Waals surface area contributed by atoms with Gasteiger partial charge in [-0.05, 0) is 42.5 Å². The average molecular weight is 294 g/mol. The smallest absolute Gasteiger partial charge is 0.335 e. The molecule has 0 saturated carbocycles. The molecule has 108 valence electrons. The van der Waals surface area contributed by atoms with Crippen LogP contribution in [0.1, 0.15) is 10.4 Å². The van der Waals surface area contributed by atoms with Gasteiger partial charge in [0.25, 0.3) is 0 Å². The summed E-state index contributed by atoms with van der Waals surface area (Å²) in [4.78, 5) is 19.5. The zero-order valence-corrected chi connectivity index (χ0v) is 11.4. The fourth-order valence-corrected chi connectivity index (χ4v) is 2.04. The molecule has 0 saturated heterocycles. The number of aromatic carboxylic acids is 1. The van der Waals surface area contributed by atoms with Crippen LogP contribution in [-0.4, -0.2) is 21.0 Å². The Morgan fingerprint density at radius 3 is 2.18 bits per heavy atom. The molecule has 0 radical (unpaired) electrons. The molecule has 3 rings (SSSR count). The summed E-state index contributed by atoms with van der Waals surface area (Å²) in [6, 6.07) is 14.1. The van der Waals surface area contributed by atoms with Gasteiger partial charge < -0.3 is 5.11 Å². The first-order valence-corrected chi connectivity index (χ1v) is 6.56. The van der Waals surface area contributed by atoms with Gasteiger partial charge in [0.2, 0.25) is 0 Å². The van der Waals surface area contributed by atoms with Gasteiger partial charge in [-0.15, -0.1) is 0 Å². The maximum atomic E-state index is 13.0. The highest BCUT2D eigenvalue weighted by Crippen LogP contribution is 2.21. The van der Waals surface area contributed by atoms with Crippen LogP contribution in [-0.2, 0) is 0 Å². The Hall–Kier alpha value is -3.08. The van der Waals surface area contributed by atoms with Crippen LogP contribution in [0.15, 0.2) is 60.8 Å². The number of benzene rings is 2. The maximum absolute atomic E-state index is 13.0. The topological polar surface area (TPSA) is 63.1 Å². The van der Waals surface area contributed by atoms with E-state index in [0.717, 1.165) is 5.56 Å². The first-order chi connectivity index (χ1) is 10.6. The summed E-state index contributed by atoms with van der Waals surface area (Å²) in [6.07, 6.45) is 1.62. The highest BCUT2D eigenvalue weighted by molar-refractivity contribution is 5.88. The van der Waals surface area contributed by atoms with E-state index in [1.807, 2.05) is 0 Å². The second-order valence-electron chi connectivity index (χ2n) is 4.65. The van der Waals surface area contributed by atoms with Gasteiger partial charge in [-0.25, -0.2) is 19.2 Å². The molecular weight excluding hydrogens is 283 g/mol. The lowest BCUT2D eigenvalue weighted by atomic mass is 10.1. The predicted octanol–water partition coefficient (Wildman–Crippen LogP) is 3.65. The van der Waals surface area contributed by atoms with E-state index < -0.39 is 5.97 Å². The Kier molecular flexibility index (Phi) is 3.62. The van der Waals surface area contributed by atoms with E-state index in [4.69, 9.17) is 5.11 Å². The monoisotopic (exact) mass is 294 g/mol. The molecular formula is C17H11FN2O2.